The number of likely N-dealkylation sites (tertiary alicyclic amines) is 1. The lowest BCUT2D eigenvalue weighted by Gasteiger charge is -2.45. The van der Waals surface area contributed by atoms with Crippen LogP contribution in [0, 0.1) is 0 Å². The van der Waals surface area contributed by atoms with E-state index in [-0.39, 0.29) is 17.6 Å². The summed E-state index contributed by atoms with van der Waals surface area (Å²) >= 11 is 0. The van der Waals surface area contributed by atoms with Crippen molar-refractivity contribution in [1.82, 2.24) is 14.5 Å². The third-order valence-corrected chi connectivity index (χ3v) is 6.35. The summed E-state index contributed by atoms with van der Waals surface area (Å²) < 4.78 is 1.57. The maximum atomic E-state index is 13.3. The second kappa shape index (κ2) is 6.12. The van der Waals surface area contributed by atoms with E-state index in [2.05, 4.69) is 34.1 Å². The van der Waals surface area contributed by atoms with E-state index < -0.39 is 0 Å². The van der Waals surface area contributed by atoms with Gasteiger partial charge in [-0.05, 0) is 55.0 Å². The summed E-state index contributed by atoms with van der Waals surface area (Å²) in [5, 5.41) is 0. The molecule has 2 atom stereocenters. The highest BCUT2D eigenvalue weighted by Gasteiger charge is 2.38. The van der Waals surface area contributed by atoms with Crippen LogP contribution in [0.3, 0.4) is 0 Å². The van der Waals surface area contributed by atoms with Crippen LogP contribution in [-0.2, 0) is 13.5 Å². The van der Waals surface area contributed by atoms with Crippen molar-refractivity contribution >= 4 is 16.9 Å². The van der Waals surface area contributed by atoms with Crippen molar-refractivity contribution < 1.29 is 4.79 Å². The predicted molar refractivity (Wildman–Crippen MR) is 105 cm³/mol. The number of carbonyl (C=O) groups excluding carboxylic acids is 1. The zero-order valence-corrected chi connectivity index (χ0v) is 15.4. The summed E-state index contributed by atoms with van der Waals surface area (Å²) in [4.78, 5) is 30.1. The maximum absolute atomic E-state index is 13.3. The molecule has 1 aliphatic heterocycles. The van der Waals surface area contributed by atoms with Gasteiger partial charge < -0.3 is 9.88 Å². The average molecular weight is 361 g/mol. The molecule has 3 aromatic rings. The molecule has 0 saturated carbocycles. The van der Waals surface area contributed by atoms with E-state index in [1.807, 2.05) is 18.2 Å². The summed E-state index contributed by atoms with van der Waals surface area (Å²) in [6.45, 7) is 0.811. The number of hydrogen-bond acceptors (Lipinski definition) is 2. The average Bonchev–Trinajstić information content (AvgIpc) is 3.00. The standard InChI is InChI=1S/C22H23N3O2/c1-24-20-11-9-15(13-18(20)23-22(24)27)21(26)25-12-4-7-17-16-6-3-2-5-14(16)8-10-19(17)25/h2-3,5-6,9,11,13,17,19H,4,7-8,10,12H2,1H3,(H,23,27)/t17-,19+/m1/s1. The first-order valence-electron chi connectivity index (χ1n) is 9.71. The van der Waals surface area contributed by atoms with Crippen molar-refractivity contribution in [3.8, 4) is 0 Å². The minimum Gasteiger partial charge on any atom is -0.335 e. The first-order valence-corrected chi connectivity index (χ1v) is 9.71. The molecule has 1 aliphatic carbocycles. The summed E-state index contributed by atoms with van der Waals surface area (Å²) in [5.41, 5.74) is 4.90. The van der Waals surface area contributed by atoms with Crippen molar-refractivity contribution in [3.05, 3.63) is 69.6 Å². The van der Waals surface area contributed by atoms with Gasteiger partial charge in [-0.3, -0.25) is 9.36 Å². The molecule has 1 saturated heterocycles. The number of carbonyl (C=O) groups is 1. The van der Waals surface area contributed by atoms with Gasteiger partial charge >= 0.3 is 5.69 Å². The number of aryl methyl sites for hydroxylation is 2. The van der Waals surface area contributed by atoms with Crippen molar-refractivity contribution in [3.63, 3.8) is 0 Å². The van der Waals surface area contributed by atoms with Crippen LogP contribution >= 0.6 is 0 Å². The fraction of sp³-hybridized carbons (Fsp3) is 0.364. The third kappa shape index (κ3) is 2.52. The van der Waals surface area contributed by atoms with Crippen LogP contribution in [0.15, 0.2) is 47.3 Å². The zero-order valence-electron chi connectivity index (χ0n) is 15.4. The first kappa shape index (κ1) is 16.4. The van der Waals surface area contributed by atoms with E-state index in [0.717, 1.165) is 43.3 Å². The number of benzene rings is 2. The molecular weight excluding hydrogens is 338 g/mol. The lowest BCUT2D eigenvalue weighted by Crippen LogP contribution is -2.49. The highest BCUT2D eigenvalue weighted by atomic mass is 16.2. The number of aromatic amines is 1. The monoisotopic (exact) mass is 361 g/mol. The number of piperidine rings is 1. The lowest BCUT2D eigenvalue weighted by atomic mass is 9.74. The van der Waals surface area contributed by atoms with E-state index in [1.54, 1.807) is 11.6 Å². The van der Waals surface area contributed by atoms with Crippen LogP contribution in [-0.4, -0.2) is 32.9 Å². The molecule has 1 aromatic heterocycles. The van der Waals surface area contributed by atoms with Crippen LogP contribution in [0.2, 0.25) is 0 Å². The minimum absolute atomic E-state index is 0.0793. The Labute approximate surface area is 157 Å². The van der Waals surface area contributed by atoms with E-state index in [9.17, 15) is 9.59 Å². The van der Waals surface area contributed by atoms with E-state index >= 15 is 0 Å². The fourth-order valence-electron chi connectivity index (χ4n) is 4.99. The molecular formula is C22H23N3O2. The molecule has 27 heavy (non-hydrogen) atoms. The number of rotatable bonds is 1. The second-order valence-corrected chi connectivity index (χ2v) is 7.77. The highest BCUT2D eigenvalue weighted by molar-refractivity contribution is 5.97. The topological polar surface area (TPSA) is 58.1 Å². The summed E-state index contributed by atoms with van der Waals surface area (Å²) in [7, 11) is 1.73. The van der Waals surface area contributed by atoms with Gasteiger partial charge in [0.1, 0.15) is 0 Å². The Morgan fingerprint density at radius 1 is 1.15 bits per heavy atom. The van der Waals surface area contributed by atoms with E-state index in [1.165, 1.54) is 11.1 Å². The SMILES string of the molecule is Cn1c(=O)[nH]c2cc(C(=O)N3CCC[C@@H]4c5ccccc5CC[C@@H]43)ccc21. The molecule has 0 radical (unpaired) electrons. The van der Waals surface area contributed by atoms with Crippen molar-refractivity contribution in [2.24, 2.45) is 7.05 Å². The number of aromatic nitrogens is 2. The molecule has 0 spiro atoms. The highest BCUT2D eigenvalue weighted by Crippen LogP contribution is 2.41. The van der Waals surface area contributed by atoms with Gasteiger partial charge in [-0.25, -0.2) is 4.79 Å². The molecule has 0 bridgehead atoms. The second-order valence-electron chi connectivity index (χ2n) is 7.77. The molecule has 1 N–H and O–H groups in total. The Bertz CT molecular complexity index is 1090. The number of hydrogen-bond donors (Lipinski definition) is 1. The fourth-order valence-corrected chi connectivity index (χ4v) is 4.99. The largest absolute Gasteiger partial charge is 0.335 e. The van der Waals surface area contributed by atoms with E-state index in [4.69, 9.17) is 0 Å². The Hall–Kier alpha value is -2.82. The Kier molecular flexibility index (Phi) is 3.71. The Balaban J connectivity index is 1.49. The molecule has 1 amide bonds. The Morgan fingerprint density at radius 2 is 2.00 bits per heavy atom. The smallest absolute Gasteiger partial charge is 0.326 e. The summed E-state index contributed by atoms with van der Waals surface area (Å²) in [5.74, 6) is 0.517. The van der Waals surface area contributed by atoms with Gasteiger partial charge in [-0.1, -0.05) is 24.3 Å². The van der Waals surface area contributed by atoms with Crippen molar-refractivity contribution in [1.29, 1.82) is 0 Å². The molecule has 5 rings (SSSR count). The first-order chi connectivity index (χ1) is 13.1. The van der Waals surface area contributed by atoms with Gasteiger partial charge in [0.15, 0.2) is 0 Å². The molecule has 2 heterocycles. The maximum Gasteiger partial charge on any atom is 0.326 e. The predicted octanol–water partition coefficient (Wildman–Crippen LogP) is 3.20. The van der Waals surface area contributed by atoms with Crippen LogP contribution in [0.5, 0.6) is 0 Å². The van der Waals surface area contributed by atoms with Gasteiger partial charge in [-0.15, -0.1) is 0 Å². The number of fused-ring (bicyclic) bond motifs is 4. The minimum atomic E-state index is -0.156. The van der Waals surface area contributed by atoms with E-state index in [0.29, 0.717) is 11.5 Å². The summed E-state index contributed by atoms with van der Waals surface area (Å²) in [6.07, 6.45) is 4.24. The third-order valence-electron chi connectivity index (χ3n) is 6.35. The molecule has 138 valence electrons. The number of nitrogens with one attached hydrogen (secondary N) is 1. The van der Waals surface area contributed by atoms with Gasteiger partial charge in [-0.2, -0.15) is 0 Å². The number of H-pyrrole nitrogens is 1. The number of nitrogens with zero attached hydrogens (tertiary/aromatic N) is 2. The quantitative estimate of drug-likeness (QED) is 0.724. The van der Waals surface area contributed by atoms with Crippen LogP contribution in [0.1, 0.15) is 46.7 Å². The molecule has 2 aliphatic rings. The lowest BCUT2D eigenvalue weighted by molar-refractivity contribution is 0.0547. The number of imidazole rings is 1. The van der Waals surface area contributed by atoms with Crippen LogP contribution in [0.25, 0.3) is 11.0 Å². The molecule has 0 unspecified atom stereocenters. The molecule has 5 nitrogen and oxygen atoms in total. The molecule has 5 heteroatoms. The molecule has 2 aromatic carbocycles. The number of amides is 1. The van der Waals surface area contributed by atoms with Gasteiger partial charge in [0, 0.05) is 31.1 Å². The Morgan fingerprint density at radius 3 is 2.89 bits per heavy atom. The van der Waals surface area contributed by atoms with Gasteiger partial charge in [0.2, 0.25) is 0 Å². The van der Waals surface area contributed by atoms with Crippen molar-refractivity contribution in [2.45, 2.75) is 37.6 Å². The van der Waals surface area contributed by atoms with Crippen LogP contribution in [0.4, 0.5) is 0 Å². The van der Waals surface area contributed by atoms with Gasteiger partial charge in [0.05, 0.1) is 11.0 Å². The van der Waals surface area contributed by atoms with Crippen LogP contribution < -0.4 is 5.69 Å². The molecule has 1 fully saturated rings. The zero-order chi connectivity index (χ0) is 18.5. The van der Waals surface area contributed by atoms with Gasteiger partial charge in [0.25, 0.3) is 5.91 Å². The summed E-state index contributed by atoms with van der Waals surface area (Å²) in [6, 6.07) is 14.5. The van der Waals surface area contributed by atoms with Crippen molar-refractivity contribution in [2.75, 3.05) is 6.54 Å². The normalized spacial score (nSPS) is 21.7.